The molecule has 0 heterocycles. The molecule has 0 amide bonds. The van der Waals surface area contributed by atoms with Gasteiger partial charge in [-0.3, -0.25) is 0 Å². The van der Waals surface area contributed by atoms with Crippen molar-refractivity contribution in [2.75, 3.05) is 0 Å². The van der Waals surface area contributed by atoms with Crippen LogP contribution in [0.4, 0.5) is 0 Å². The number of hydrogen-bond donors (Lipinski definition) is 0. The van der Waals surface area contributed by atoms with E-state index in [4.69, 9.17) is 55.3 Å². The molecule has 0 radical (unpaired) electrons. The Morgan fingerprint density at radius 2 is 0.529 bits per heavy atom. The van der Waals surface area contributed by atoms with E-state index in [0.29, 0.717) is 17.3 Å². The minimum absolute atomic E-state index is 0.135. The predicted molar refractivity (Wildman–Crippen MR) is 456 cm³/mol. The molecule has 33 nitrogen and oxygen atoms in total. The van der Waals surface area contributed by atoms with Gasteiger partial charge in [0.1, 0.15) is 0 Å². The molecule has 690 valence electrons. The van der Waals surface area contributed by atoms with E-state index in [1.807, 2.05) is 34.6 Å². The third kappa shape index (κ3) is 59.5. The summed E-state index contributed by atoms with van der Waals surface area (Å²) in [7, 11) is 0. The van der Waals surface area contributed by atoms with E-state index in [1.54, 1.807) is 118 Å². The number of carbonyl (C=O) groups is 15. The summed E-state index contributed by atoms with van der Waals surface area (Å²) >= 11 is -26.7. The first-order valence-electron chi connectivity index (χ1n) is 40.4. The normalized spacial score (nSPS) is 12.0. The van der Waals surface area contributed by atoms with Crippen molar-refractivity contribution in [3.05, 3.63) is 38.0 Å². The van der Waals surface area contributed by atoms with Gasteiger partial charge in [0.2, 0.25) is 0 Å². The number of hydrogen-bond acceptors (Lipinski definition) is 33. The van der Waals surface area contributed by atoms with E-state index in [2.05, 4.69) is 89.0 Å². The van der Waals surface area contributed by atoms with Crippen LogP contribution in [0.2, 0.25) is 25.1 Å². The average Bonchev–Trinajstić information content (AvgIpc) is 0.795. The van der Waals surface area contributed by atoms with Crippen molar-refractivity contribution in [3.8, 4) is 0 Å². The second-order valence-electron chi connectivity index (χ2n) is 32.4. The molecular formula is C80H148O33Sn6. The zero-order valence-corrected chi connectivity index (χ0v) is 95.3. The Morgan fingerprint density at radius 1 is 0.303 bits per heavy atom. The molecule has 0 saturated carbocycles. The van der Waals surface area contributed by atoms with Gasteiger partial charge in [-0.15, -0.1) is 0 Å². The van der Waals surface area contributed by atoms with E-state index < -0.39 is 229 Å². The third-order valence-electron chi connectivity index (χ3n) is 14.0. The zero-order valence-electron chi connectivity index (χ0n) is 78.2. The molecule has 0 fully saturated rings. The molecule has 0 saturated heterocycles. The Balaban J connectivity index is -0.000000322. The van der Waals surface area contributed by atoms with E-state index in [0.717, 1.165) is 41.9 Å². The van der Waals surface area contributed by atoms with Crippen LogP contribution in [0.5, 0.6) is 0 Å². The fraction of sp³-hybridized carbons (Fsp3) is 0.738. The first-order valence-corrected chi connectivity index (χ1v) is 72.4. The topological polar surface area (TPSA) is 422 Å². The van der Waals surface area contributed by atoms with Crippen molar-refractivity contribution in [2.24, 2.45) is 23.2 Å². The maximum absolute atomic E-state index is 12.0. The van der Waals surface area contributed by atoms with Crippen LogP contribution >= 0.6 is 0 Å². The third-order valence-corrected chi connectivity index (χ3v) is 66.8. The fourth-order valence-corrected chi connectivity index (χ4v) is 55.6. The van der Waals surface area contributed by atoms with Gasteiger partial charge < -0.3 is 0 Å². The average molecular weight is 2350 g/mol. The zero-order chi connectivity index (χ0) is 94.9. The summed E-state index contributed by atoms with van der Waals surface area (Å²) in [4.78, 5) is 173. The van der Waals surface area contributed by atoms with Crippen LogP contribution < -0.4 is 0 Å². The van der Waals surface area contributed by atoms with Gasteiger partial charge in [-0.2, -0.15) is 0 Å². The minimum atomic E-state index is -4.76. The molecule has 1 atom stereocenters. The van der Waals surface area contributed by atoms with Gasteiger partial charge in [-0.05, 0) is 0 Å². The van der Waals surface area contributed by atoms with Gasteiger partial charge in [0, 0.05) is 0 Å². The molecule has 0 spiro atoms. The molecule has 0 aliphatic heterocycles. The number of rotatable bonds is 41. The summed E-state index contributed by atoms with van der Waals surface area (Å²) in [5.41, 5.74) is -1.01. The molecule has 0 aliphatic carbocycles. The molecule has 0 bridgehead atoms. The predicted octanol–water partition coefficient (Wildman–Crippen LogP) is 16.5. The van der Waals surface area contributed by atoms with Gasteiger partial charge >= 0.3 is 751 Å². The van der Waals surface area contributed by atoms with E-state index >= 15 is 0 Å². The van der Waals surface area contributed by atoms with Gasteiger partial charge in [-0.1, -0.05) is 0 Å². The monoisotopic (exact) mass is 2360 g/mol. The molecule has 0 aromatic rings. The van der Waals surface area contributed by atoms with E-state index in [9.17, 15) is 71.9 Å². The van der Waals surface area contributed by atoms with Crippen LogP contribution in [-0.4, -0.2) is 224 Å². The first-order chi connectivity index (χ1) is 54.1. The summed E-state index contributed by atoms with van der Waals surface area (Å²) < 4.78 is 98.9. The molecule has 39 heteroatoms. The Labute approximate surface area is 743 Å². The summed E-state index contributed by atoms with van der Waals surface area (Å²) in [5.74, 6) is -10.0. The maximum atomic E-state index is 12.0. The fourth-order valence-electron chi connectivity index (χ4n) is 8.29. The molecule has 0 rings (SSSR count). The second-order valence-corrected chi connectivity index (χ2v) is 78.2. The van der Waals surface area contributed by atoms with Crippen molar-refractivity contribution in [1.82, 2.24) is 0 Å². The Morgan fingerprint density at radius 3 is 0.706 bits per heavy atom. The van der Waals surface area contributed by atoms with Crippen LogP contribution in [0.25, 0.3) is 0 Å². The molecular weight excluding hydrogens is 2200 g/mol. The van der Waals surface area contributed by atoms with E-state index in [1.165, 1.54) is 20.8 Å². The second kappa shape index (κ2) is 61.3. The van der Waals surface area contributed by atoms with Gasteiger partial charge in [0.15, 0.2) is 0 Å². The molecule has 0 aliphatic rings. The summed E-state index contributed by atoms with van der Waals surface area (Å²) in [6.07, 6.45) is 7.85. The van der Waals surface area contributed by atoms with Crippen LogP contribution in [-0.2, 0) is 127 Å². The van der Waals surface area contributed by atoms with Gasteiger partial charge in [0.25, 0.3) is 0 Å². The van der Waals surface area contributed by atoms with E-state index in [-0.39, 0.29) is 73.0 Å². The van der Waals surface area contributed by atoms with Crippen molar-refractivity contribution in [2.45, 2.75) is 355 Å². The molecule has 1 unspecified atom stereocenters. The number of unbranched alkanes of at least 4 members (excludes halogenated alkanes) is 2. The van der Waals surface area contributed by atoms with Crippen LogP contribution in [0.15, 0.2) is 38.0 Å². The summed E-state index contributed by atoms with van der Waals surface area (Å²) in [6.45, 7) is 72.2. The van der Waals surface area contributed by atoms with Crippen molar-refractivity contribution >= 4 is 207 Å². The standard InChI is InChI=1S/C5H11.3C4H8O2.3C4H9O.3C4H9.6C3H6O2.3C3H4O2.2C3H7.3C2H4O2.6Sn/c1-5(2,3)4;3*1-3(2)4(5)6;3*1-4(2,3)5;3*1-3-4-2;9*1-2-3(4)5;2*1-3-2;3*1-2(3)4;;;;;;/h1H2,2-4H3;3*3H,1-2H3,(H,5,6);3*1-3H3;3H,4H2,1-2H3;2*1,3-4H2,2H3;6*2H2,1H3,(H,4,5);3*2H,1H2,(H,4,5);2*3H,1-2H3;3*1H3,(H,3,4);;;;;;/q;;;;3*-1;;;;;;;;;;;;;;;;;;6*+3/p-15. The molecule has 0 aromatic carbocycles. The summed E-state index contributed by atoms with van der Waals surface area (Å²) in [5, 5.41) is 0. The van der Waals surface area contributed by atoms with Crippen LogP contribution in [0, 0.1) is 23.2 Å². The number of carbonyl (C=O) groups excluding carboxylic acids is 15. The van der Waals surface area contributed by atoms with Crippen LogP contribution in [0.1, 0.15) is 313 Å². The van der Waals surface area contributed by atoms with Crippen molar-refractivity contribution in [3.63, 3.8) is 0 Å². The molecule has 0 aromatic heterocycles. The Hall–Kier alpha value is -4.06. The molecule has 119 heavy (non-hydrogen) atoms. The van der Waals surface area contributed by atoms with Gasteiger partial charge in [0.05, 0.1) is 0 Å². The SMILES string of the molecule is C=CC(=O)[O][Sn]([O]C(=O)C=C)([O]C(=O)C=C)[CH](C)C.CC(C)C(=O)[O][Sn]([O]C(=O)C(C)C)([O]C(=O)C(C)C)[CH](C)C.CCC(=O)[O][Sn]([CH2]C(C)(C)C)([O]C(=O)CC)[O]C(=O)CC.CCC(=O)[O][Sn]([O]C(=O)CC)([O]C(=O)CC)[CH](C)CC.CCC[CH2][Sn]([O]C(C)(C)C)([O]C(C)(C)C)[O]C(C)(C)C.CCC[CH2][Sn]([O]C(C)=O)([O]C(C)=O)[O]C(C)=O. The summed E-state index contributed by atoms with van der Waals surface area (Å²) in [6, 6.07) is 0. The van der Waals surface area contributed by atoms with Gasteiger partial charge in [-0.25, -0.2) is 0 Å². The Kier molecular flexibility index (Phi) is 64.8. The van der Waals surface area contributed by atoms with Crippen molar-refractivity contribution in [1.29, 1.82) is 0 Å². The Bertz CT molecular complexity index is 2950. The van der Waals surface area contributed by atoms with Crippen molar-refractivity contribution < 1.29 is 127 Å². The quantitative estimate of drug-likeness (QED) is 0.0405. The van der Waals surface area contributed by atoms with Crippen LogP contribution in [0.3, 0.4) is 0 Å². The first kappa shape index (κ1) is 126. The molecule has 0 N–H and O–H groups in total.